The largest absolute Gasteiger partial charge is 0.396 e. The third kappa shape index (κ3) is 2.77. The molecule has 1 aliphatic rings. The summed E-state index contributed by atoms with van der Waals surface area (Å²) in [5, 5.41) is 4.98. The van der Waals surface area contributed by atoms with Crippen LogP contribution in [-0.2, 0) is 14.8 Å². The number of aromatic nitrogens is 1. The number of carbonyl (C=O) groups is 1. The second kappa shape index (κ2) is 4.54. The Balaban J connectivity index is 2.18. The highest BCUT2D eigenvalue weighted by atomic mass is 32.2. The van der Waals surface area contributed by atoms with E-state index in [0.717, 1.165) is 0 Å². The number of sulfonamides is 1. The summed E-state index contributed by atoms with van der Waals surface area (Å²) in [5.41, 5.74) is 6.69. The smallest absolute Gasteiger partial charge is 0.227 e. The fraction of sp³-hybridized carbons (Fsp3) is 0.400. The summed E-state index contributed by atoms with van der Waals surface area (Å²) in [4.78, 5) is 17.2. The summed E-state index contributed by atoms with van der Waals surface area (Å²) in [6, 6.07) is 1.63. The molecule has 0 spiro atoms. The minimum absolute atomic E-state index is 0.151. The van der Waals surface area contributed by atoms with E-state index in [1.165, 1.54) is 17.3 Å². The third-order valence-corrected chi connectivity index (χ3v) is 3.73. The normalized spacial score (nSPS) is 20.4. The van der Waals surface area contributed by atoms with Crippen molar-refractivity contribution in [1.82, 2.24) is 4.98 Å². The molecular weight excluding hydrogens is 256 g/mol. The highest BCUT2D eigenvalue weighted by molar-refractivity contribution is 7.89. The van der Waals surface area contributed by atoms with Crippen LogP contribution >= 0.6 is 0 Å². The Morgan fingerprint density at radius 1 is 1.50 bits per heavy atom. The lowest BCUT2D eigenvalue weighted by Crippen LogP contribution is -2.28. The van der Waals surface area contributed by atoms with Gasteiger partial charge in [0.15, 0.2) is 0 Å². The monoisotopic (exact) mass is 270 g/mol. The number of nitrogens with zero attached hydrogens (tertiary/aromatic N) is 2. The van der Waals surface area contributed by atoms with E-state index in [-0.39, 0.29) is 24.0 Å². The summed E-state index contributed by atoms with van der Waals surface area (Å²) >= 11 is 0. The fourth-order valence-corrected chi connectivity index (χ4v) is 2.98. The van der Waals surface area contributed by atoms with Gasteiger partial charge in [-0.05, 0) is 6.07 Å². The number of hydrogen-bond donors (Lipinski definition) is 2. The molecule has 1 fully saturated rings. The Bertz CT molecular complexity index is 572. The molecule has 0 radical (unpaired) electrons. The lowest BCUT2D eigenvalue weighted by molar-refractivity contribution is -0.117. The van der Waals surface area contributed by atoms with E-state index >= 15 is 0 Å². The SMILES string of the molecule is Nc1cnccc1N1CC(CS(N)(=O)=O)CC1=O. The van der Waals surface area contributed by atoms with Gasteiger partial charge in [0.25, 0.3) is 0 Å². The van der Waals surface area contributed by atoms with Crippen LogP contribution in [0.1, 0.15) is 6.42 Å². The molecular formula is C10H14N4O3S. The van der Waals surface area contributed by atoms with Gasteiger partial charge in [-0.1, -0.05) is 0 Å². The maximum atomic E-state index is 11.8. The van der Waals surface area contributed by atoms with Crippen LogP contribution in [0, 0.1) is 5.92 Å². The summed E-state index contributed by atoms with van der Waals surface area (Å²) < 4.78 is 22.0. The molecule has 8 heteroatoms. The first kappa shape index (κ1) is 12.8. The summed E-state index contributed by atoms with van der Waals surface area (Å²) in [6.07, 6.45) is 3.15. The van der Waals surface area contributed by atoms with Crippen molar-refractivity contribution in [2.75, 3.05) is 22.9 Å². The lowest BCUT2D eigenvalue weighted by Gasteiger charge is -2.18. The van der Waals surface area contributed by atoms with Crippen LogP contribution in [0.15, 0.2) is 18.5 Å². The molecule has 18 heavy (non-hydrogen) atoms. The van der Waals surface area contributed by atoms with Gasteiger partial charge >= 0.3 is 0 Å². The third-order valence-electron chi connectivity index (χ3n) is 2.79. The van der Waals surface area contributed by atoms with Crippen molar-refractivity contribution in [3.63, 3.8) is 0 Å². The van der Waals surface area contributed by atoms with Gasteiger partial charge in [-0.25, -0.2) is 13.6 Å². The molecule has 7 nitrogen and oxygen atoms in total. The number of nitrogens with two attached hydrogens (primary N) is 2. The number of pyridine rings is 1. The molecule has 0 saturated carbocycles. The van der Waals surface area contributed by atoms with Crippen LogP contribution < -0.4 is 15.8 Å². The van der Waals surface area contributed by atoms with Crippen molar-refractivity contribution in [2.45, 2.75) is 6.42 Å². The van der Waals surface area contributed by atoms with E-state index in [1.54, 1.807) is 6.07 Å². The predicted octanol–water partition coefficient (Wildman–Crippen LogP) is -0.695. The highest BCUT2D eigenvalue weighted by Crippen LogP contribution is 2.29. The Morgan fingerprint density at radius 2 is 2.22 bits per heavy atom. The molecule has 0 bridgehead atoms. The molecule has 2 rings (SSSR count). The van der Waals surface area contributed by atoms with Gasteiger partial charge in [0.1, 0.15) is 0 Å². The van der Waals surface area contributed by atoms with Crippen molar-refractivity contribution in [3.05, 3.63) is 18.5 Å². The number of primary sulfonamides is 1. The van der Waals surface area contributed by atoms with Crippen LogP contribution in [0.2, 0.25) is 0 Å². The Kier molecular flexibility index (Phi) is 3.22. The van der Waals surface area contributed by atoms with Crippen LogP contribution in [-0.4, -0.2) is 31.6 Å². The van der Waals surface area contributed by atoms with E-state index in [9.17, 15) is 13.2 Å². The zero-order valence-electron chi connectivity index (χ0n) is 9.61. The first-order valence-corrected chi connectivity index (χ1v) is 7.08. The number of nitrogen functional groups attached to an aromatic ring is 1. The summed E-state index contributed by atoms with van der Waals surface area (Å²) in [5.74, 6) is -0.637. The Labute approximate surface area is 105 Å². The van der Waals surface area contributed by atoms with Gasteiger partial charge in [-0.2, -0.15) is 0 Å². The van der Waals surface area contributed by atoms with Crippen LogP contribution in [0.25, 0.3) is 0 Å². The maximum Gasteiger partial charge on any atom is 0.227 e. The first-order chi connectivity index (χ1) is 8.37. The van der Waals surface area contributed by atoms with Crippen LogP contribution in [0.3, 0.4) is 0 Å². The second-order valence-corrected chi connectivity index (χ2v) is 6.00. The summed E-state index contributed by atoms with van der Waals surface area (Å²) in [7, 11) is -3.57. The predicted molar refractivity (Wildman–Crippen MR) is 67.1 cm³/mol. The van der Waals surface area contributed by atoms with Crippen molar-refractivity contribution < 1.29 is 13.2 Å². The average Bonchev–Trinajstić information content (AvgIpc) is 2.57. The molecule has 98 valence electrons. The topological polar surface area (TPSA) is 119 Å². The Morgan fingerprint density at radius 3 is 2.83 bits per heavy atom. The molecule has 0 aliphatic carbocycles. The van der Waals surface area contributed by atoms with Gasteiger partial charge in [0, 0.05) is 25.1 Å². The molecule has 1 unspecified atom stereocenters. The molecule has 1 saturated heterocycles. The van der Waals surface area contributed by atoms with Crippen molar-refractivity contribution in [1.29, 1.82) is 0 Å². The zero-order valence-corrected chi connectivity index (χ0v) is 10.4. The molecule has 1 aromatic rings. The molecule has 0 aromatic carbocycles. The maximum absolute atomic E-state index is 11.8. The van der Waals surface area contributed by atoms with Crippen LogP contribution in [0.4, 0.5) is 11.4 Å². The van der Waals surface area contributed by atoms with Crippen molar-refractivity contribution >= 4 is 27.3 Å². The van der Waals surface area contributed by atoms with Crippen LogP contribution in [0.5, 0.6) is 0 Å². The number of hydrogen-bond acceptors (Lipinski definition) is 5. The first-order valence-electron chi connectivity index (χ1n) is 5.37. The Hall–Kier alpha value is -1.67. The zero-order chi connectivity index (χ0) is 13.3. The van der Waals surface area contributed by atoms with Gasteiger partial charge in [0.05, 0.1) is 23.3 Å². The van der Waals surface area contributed by atoms with Gasteiger partial charge < -0.3 is 10.6 Å². The number of anilines is 2. The molecule has 1 amide bonds. The molecule has 1 aliphatic heterocycles. The van der Waals surface area contributed by atoms with E-state index in [4.69, 9.17) is 10.9 Å². The fourth-order valence-electron chi connectivity index (χ4n) is 2.10. The quantitative estimate of drug-likeness (QED) is 0.753. The van der Waals surface area contributed by atoms with E-state index < -0.39 is 10.0 Å². The molecule has 4 N–H and O–H groups in total. The molecule has 1 aromatic heterocycles. The summed E-state index contributed by atoms with van der Waals surface area (Å²) in [6.45, 7) is 0.309. The highest BCUT2D eigenvalue weighted by Gasteiger charge is 2.33. The van der Waals surface area contributed by atoms with Crippen molar-refractivity contribution in [3.8, 4) is 0 Å². The number of carbonyl (C=O) groups excluding carboxylic acids is 1. The van der Waals surface area contributed by atoms with E-state index in [2.05, 4.69) is 4.98 Å². The minimum atomic E-state index is -3.57. The second-order valence-electron chi connectivity index (χ2n) is 4.34. The van der Waals surface area contributed by atoms with E-state index in [0.29, 0.717) is 17.9 Å². The number of rotatable bonds is 3. The van der Waals surface area contributed by atoms with Gasteiger partial charge in [-0.3, -0.25) is 9.78 Å². The lowest BCUT2D eigenvalue weighted by atomic mass is 10.1. The van der Waals surface area contributed by atoms with Gasteiger partial charge in [-0.15, -0.1) is 0 Å². The van der Waals surface area contributed by atoms with Gasteiger partial charge in [0.2, 0.25) is 15.9 Å². The van der Waals surface area contributed by atoms with Crippen molar-refractivity contribution in [2.24, 2.45) is 11.1 Å². The molecule has 1 atom stereocenters. The minimum Gasteiger partial charge on any atom is -0.396 e. The number of amides is 1. The standard InChI is InChI=1S/C10H14N4O3S/c11-8-4-13-2-1-9(8)14-5-7(3-10(14)15)6-18(12,16)17/h1-2,4,7H,3,5-6,11H2,(H2,12,16,17). The average molecular weight is 270 g/mol. The molecule has 2 heterocycles. The van der Waals surface area contributed by atoms with E-state index in [1.807, 2.05) is 0 Å².